The lowest BCUT2D eigenvalue weighted by molar-refractivity contribution is -0.161. The fourth-order valence-electron chi connectivity index (χ4n) is 2.28. The summed E-state index contributed by atoms with van der Waals surface area (Å²) in [7, 11) is 1.72. The van der Waals surface area contributed by atoms with Crippen LogP contribution in [0.1, 0.15) is 26.2 Å². The number of fused-ring (bicyclic) bond motifs is 1. The molecule has 14 heavy (non-hydrogen) atoms. The SMILES string of the molecule is C[C@H]1C(=O)N2CCCC[C@H]2C(=O)N1C. The van der Waals surface area contributed by atoms with Gasteiger partial charge in [0, 0.05) is 13.6 Å². The molecule has 0 aromatic rings. The van der Waals surface area contributed by atoms with Crippen LogP contribution in [-0.2, 0) is 9.59 Å². The molecule has 0 unspecified atom stereocenters. The van der Waals surface area contributed by atoms with Crippen LogP contribution in [0.5, 0.6) is 0 Å². The minimum atomic E-state index is -0.281. The van der Waals surface area contributed by atoms with Crippen molar-refractivity contribution < 1.29 is 9.59 Å². The number of piperidine rings is 1. The average Bonchev–Trinajstić information content (AvgIpc) is 2.23. The summed E-state index contributed by atoms with van der Waals surface area (Å²) in [6, 6.07) is -0.450. The van der Waals surface area contributed by atoms with Crippen LogP contribution in [0.2, 0.25) is 0 Å². The summed E-state index contributed by atoms with van der Waals surface area (Å²) in [6.45, 7) is 2.55. The second-order valence-electron chi connectivity index (χ2n) is 4.17. The second kappa shape index (κ2) is 3.26. The molecule has 4 nitrogen and oxygen atoms in total. The molecule has 0 bridgehead atoms. The smallest absolute Gasteiger partial charge is 0.245 e. The van der Waals surface area contributed by atoms with Crippen molar-refractivity contribution in [1.82, 2.24) is 9.80 Å². The summed E-state index contributed by atoms with van der Waals surface area (Å²) in [5.41, 5.74) is 0. The summed E-state index contributed by atoms with van der Waals surface area (Å²) in [6.07, 6.45) is 2.93. The Morgan fingerprint density at radius 3 is 2.64 bits per heavy atom. The second-order valence-corrected chi connectivity index (χ2v) is 4.17. The monoisotopic (exact) mass is 196 g/mol. The van der Waals surface area contributed by atoms with Gasteiger partial charge in [-0.15, -0.1) is 0 Å². The zero-order valence-electron chi connectivity index (χ0n) is 8.69. The van der Waals surface area contributed by atoms with Crippen LogP contribution in [0.25, 0.3) is 0 Å². The molecule has 78 valence electrons. The molecule has 2 fully saturated rings. The first-order chi connectivity index (χ1) is 6.63. The van der Waals surface area contributed by atoms with E-state index in [2.05, 4.69) is 0 Å². The maximum absolute atomic E-state index is 11.8. The molecule has 0 N–H and O–H groups in total. The molecule has 2 saturated heterocycles. The number of amides is 2. The quantitative estimate of drug-likeness (QED) is 0.556. The number of likely N-dealkylation sites (N-methyl/N-ethyl adjacent to an activating group) is 1. The Labute approximate surface area is 83.9 Å². The van der Waals surface area contributed by atoms with Gasteiger partial charge in [-0.05, 0) is 26.2 Å². The van der Waals surface area contributed by atoms with Gasteiger partial charge in [-0.2, -0.15) is 0 Å². The number of carbonyl (C=O) groups excluding carboxylic acids is 2. The highest BCUT2D eigenvalue weighted by Gasteiger charge is 2.42. The van der Waals surface area contributed by atoms with Crippen molar-refractivity contribution in [1.29, 1.82) is 0 Å². The largest absolute Gasteiger partial charge is 0.332 e. The highest BCUT2D eigenvalue weighted by Crippen LogP contribution is 2.24. The van der Waals surface area contributed by atoms with Crippen molar-refractivity contribution in [2.45, 2.75) is 38.3 Å². The molecule has 4 heteroatoms. The van der Waals surface area contributed by atoms with Gasteiger partial charge in [0.2, 0.25) is 11.8 Å². The molecule has 2 aliphatic rings. The minimum absolute atomic E-state index is 0.108. The Morgan fingerprint density at radius 1 is 1.21 bits per heavy atom. The first kappa shape index (κ1) is 9.49. The van der Waals surface area contributed by atoms with Crippen molar-refractivity contribution in [3.05, 3.63) is 0 Å². The Kier molecular flexibility index (Phi) is 2.21. The van der Waals surface area contributed by atoms with E-state index in [1.54, 1.807) is 23.8 Å². The van der Waals surface area contributed by atoms with Crippen LogP contribution in [0.4, 0.5) is 0 Å². The summed E-state index contributed by atoms with van der Waals surface area (Å²) >= 11 is 0. The van der Waals surface area contributed by atoms with Crippen molar-refractivity contribution in [2.75, 3.05) is 13.6 Å². The molecule has 2 amide bonds. The van der Waals surface area contributed by atoms with Gasteiger partial charge in [-0.3, -0.25) is 9.59 Å². The fraction of sp³-hybridized carbons (Fsp3) is 0.800. The lowest BCUT2D eigenvalue weighted by Crippen LogP contribution is -2.63. The van der Waals surface area contributed by atoms with E-state index < -0.39 is 0 Å². The Hall–Kier alpha value is -1.06. The predicted molar refractivity (Wildman–Crippen MR) is 51.6 cm³/mol. The third-order valence-corrected chi connectivity index (χ3v) is 3.36. The molecule has 2 atom stereocenters. The van der Waals surface area contributed by atoms with Gasteiger partial charge in [0.25, 0.3) is 0 Å². The third kappa shape index (κ3) is 1.21. The maximum Gasteiger partial charge on any atom is 0.245 e. The van der Waals surface area contributed by atoms with Crippen molar-refractivity contribution in [3.8, 4) is 0 Å². The third-order valence-electron chi connectivity index (χ3n) is 3.36. The summed E-state index contributed by atoms with van der Waals surface area (Å²) < 4.78 is 0. The van der Waals surface area contributed by atoms with E-state index in [0.717, 1.165) is 25.8 Å². The van der Waals surface area contributed by atoms with Crippen molar-refractivity contribution in [2.24, 2.45) is 0 Å². The number of piperazine rings is 1. The van der Waals surface area contributed by atoms with Crippen LogP contribution >= 0.6 is 0 Å². The van der Waals surface area contributed by atoms with Gasteiger partial charge < -0.3 is 9.80 Å². The standard InChI is InChI=1S/C10H16N2O2/c1-7-9(13)12-6-4-3-5-8(12)10(14)11(7)2/h7-8H,3-6H2,1-2H3/t7-,8-/m0/s1. The van der Waals surface area contributed by atoms with E-state index in [1.807, 2.05) is 0 Å². The Balaban J connectivity index is 2.25. The van der Waals surface area contributed by atoms with E-state index in [0.29, 0.717) is 0 Å². The first-order valence-corrected chi connectivity index (χ1v) is 5.20. The Bertz CT molecular complexity index is 249. The van der Waals surface area contributed by atoms with E-state index in [-0.39, 0.29) is 23.9 Å². The molecule has 0 aliphatic carbocycles. The highest BCUT2D eigenvalue weighted by molar-refractivity contribution is 5.96. The van der Waals surface area contributed by atoms with Gasteiger partial charge in [0.15, 0.2) is 0 Å². The average molecular weight is 196 g/mol. The zero-order valence-corrected chi connectivity index (χ0v) is 8.69. The van der Waals surface area contributed by atoms with Gasteiger partial charge >= 0.3 is 0 Å². The summed E-state index contributed by atoms with van der Waals surface area (Å²) in [4.78, 5) is 27.0. The zero-order chi connectivity index (χ0) is 10.3. The van der Waals surface area contributed by atoms with Crippen LogP contribution in [0, 0.1) is 0 Å². The van der Waals surface area contributed by atoms with Crippen LogP contribution < -0.4 is 0 Å². The molecule has 2 aliphatic heterocycles. The molecule has 0 radical (unpaired) electrons. The van der Waals surface area contributed by atoms with E-state index in [9.17, 15) is 9.59 Å². The van der Waals surface area contributed by atoms with E-state index >= 15 is 0 Å². The number of carbonyl (C=O) groups is 2. The van der Waals surface area contributed by atoms with Gasteiger partial charge in [0.1, 0.15) is 12.1 Å². The maximum atomic E-state index is 11.8. The van der Waals surface area contributed by atoms with Crippen LogP contribution in [0.15, 0.2) is 0 Å². The predicted octanol–water partition coefficient (Wildman–Crippen LogP) is 0.228. The van der Waals surface area contributed by atoms with Gasteiger partial charge in [0.05, 0.1) is 0 Å². The van der Waals surface area contributed by atoms with E-state index in [1.165, 1.54) is 0 Å². The molecule has 0 aromatic carbocycles. The van der Waals surface area contributed by atoms with Crippen LogP contribution in [0.3, 0.4) is 0 Å². The lowest BCUT2D eigenvalue weighted by Gasteiger charge is -2.44. The van der Waals surface area contributed by atoms with E-state index in [4.69, 9.17) is 0 Å². The number of hydrogen-bond acceptors (Lipinski definition) is 2. The topological polar surface area (TPSA) is 40.6 Å². The molecule has 0 spiro atoms. The summed E-state index contributed by atoms with van der Waals surface area (Å²) in [5.74, 6) is 0.216. The number of hydrogen-bond donors (Lipinski definition) is 0. The van der Waals surface area contributed by atoms with Crippen LogP contribution in [-0.4, -0.2) is 47.3 Å². The molecular weight excluding hydrogens is 180 g/mol. The normalized spacial score (nSPS) is 33.3. The van der Waals surface area contributed by atoms with Gasteiger partial charge in [-0.25, -0.2) is 0 Å². The number of nitrogens with zero attached hydrogens (tertiary/aromatic N) is 2. The molecule has 0 aromatic heterocycles. The number of rotatable bonds is 0. The summed E-state index contributed by atoms with van der Waals surface area (Å²) in [5, 5.41) is 0. The Morgan fingerprint density at radius 2 is 1.93 bits per heavy atom. The molecule has 2 heterocycles. The minimum Gasteiger partial charge on any atom is -0.332 e. The van der Waals surface area contributed by atoms with Crippen molar-refractivity contribution in [3.63, 3.8) is 0 Å². The van der Waals surface area contributed by atoms with Crippen molar-refractivity contribution >= 4 is 11.8 Å². The lowest BCUT2D eigenvalue weighted by atomic mass is 9.96. The highest BCUT2D eigenvalue weighted by atomic mass is 16.2. The fourth-order valence-corrected chi connectivity index (χ4v) is 2.28. The molecular formula is C10H16N2O2. The molecule has 2 rings (SSSR count). The molecule has 0 saturated carbocycles. The van der Waals surface area contributed by atoms with Gasteiger partial charge in [-0.1, -0.05) is 0 Å². The first-order valence-electron chi connectivity index (χ1n) is 5.20.